The minimum Gasteiger partial charge on any atom is -0.478 e. The number of nitrogens with one attached hydrogen (secondary N) is 2. The quantitative estimate of drug-likeness (QED) is 0.811. The number of hydrogen-bond acceptors (Lipinski definition) is 3. The van der Waals surface area contributed by atoms with Crippen LogP contribution in [0, 0.1) is 11.6 Å². The van der Waals surface area contributed by atoms with Gasteiger partial charge in [-0.3, -0.25) is 4.98 Å². The molecule has 2 aromatic rings. The molecule has 3 N–H and O–H groups in total. The molecule has 0 unspecified atom stereocenters. The minimum atomic E-state index is -1.25. The number of urea groups is 1. The molecule has 2 rings (SSSR count). The van der Waals surface area contributed by atoms with E-state index in [9.17, 15) is 18.4 Å². The molecule has 0 spiro atoms. The Bertz CT molecular complexity index is 707. The number of carboxylic acid groups (broad SMARTS) is 1. The largest absolute Gasteiger partial charge is 0.478 e. The van der Waals surface area contributed by atoms with E-state index in [2.05, 4.69) is 15.6 Å². The van der Waals surface area contributed by atoms with Gasteiger partial charge >= 0.3 is 12.0 Å². The zero-order chi connectivity index (χ0) is 15.4. The third-order valence-electron chi connectivity index (χ3n) is 2.48. The van der Waals surface area contributed by atoms with Crippen LogP contribution in [-0.4, -0.2) is 22.1 Å². The number of pyridine rings is 1. The van der Waals surface area contributed by atoms with Crippen molar-refractivity contribution in [2.45, 2.75) is 0 Å². The van der Waals surface area contributed by atoms with Crippen molar-refractivity contribution in [1.82, 2.24) is 4.98 Å². The molecule has 0 fully saturated rings. The standard InChI is InChI=1S/C13H9F2N3O3/c14-7-1-2-10(9(15)5-7)17-13(21)18-11-6-16-4-3-8(11)12(19)20/h1-6H,(H,19,20)(H2,17,18,21). The maximum atomic E-state index is 13.4. The Morgan fingerprint density at radius 2 is 1.81 bits per heavy atom. The molecule has 1 aromatic carbocycles. The lowest BCUT2D eigenvalue weighted by Crippen LogP contribution is -2.21. The summed E-state index contributed by atoms with van der Waals surface area (Å²) >= 11 is 0. The Labute approximate surface area is 117 Å². The summed E-state index contributed by atoms with van der Waals surface area (Å²) in [5, 5.41) is 13.3. The van der Waals surface area contributed by atoms with E-state index < -0.39 is 23.6 Å². The van der Waals surface area contributed by atoms with Crippen molar-refractivity contribution in [3.8, 4) is 0 Å². The van der Waals surface area contributed by atoms with E-state index in [1.807, 2.05) is 0 Å². The lowest BCUT2D eigenvalue weighted by Gasteiger charge is -2.09. The summed E-state index contributed by atoms with van der Waals surface area (Å²) in [4.78, 5) is 26.3. The highest BCUT2D eigenvalue weighted by Gasteiger charge is 2.13. The lowest BCUT2D eigenvalue weighted by atomic mass is 10.2. The molecule has 0 radical (unpaired) electrons. The van der Waals surface area contributed by atoms with E-state index in [1.165, 1.54) is 12.3 Å². The Morgan fingerprint density at radius 1 is 1.10 bits per heavy atom. The minimum absolute atomic E-state index is 0.0509. The van der Waals surface area contributed by atoms with Gasteiger partial charge in [0, 0.05) is 12.3 Å². The van der Waals surface area contributed by atoms with Crippen molar-refractivity contribution in [3.05, 3.63) is 53.9 Å². The zero-order valence-electron chi connectivity index (χ0n) is 10.4. The number of aromatic carboxylic acids is 1. The Hall–Kier alpha value is -3.03. The van der Waals surface area contributed by atoms with Gasteiger partial charge in [-0.1, -0.05) is 0 Å². The van der Waals surface area contributed by atoms with Gasteiger partial charge in [-0.05, 0) is 18.2 Å². The molecule has 1 aromatic heterocycles. The van der Waals surface area contributed by atoms with E-state index >= 15 is 0 Å². The summed E-state index contributed by atoms with van der Waals surface area (Å²) in [5.74, 6) is -2.98. The first-order valence-electron chi connectivity index (χ1n) is 5.67. The average Bonchev–Trinajstić information content (AvgIpc) is 2.42. The highest BCUT2D eigenvalue weighted by atomic mass is 19.1. The molecule has 108 valence electrons. The summed E-state index contributed by atoms with van der Waals surface area (Å²) in [5.41, 5.74) is -0.459. The maximum absolute atomic E-state index is 13.4. The predicted octanol–water partition coefficient (Wildman–Crippen LogP) is 2.70. The number of rotatable bonds is 3. The maximum Gasteiger partial charge on any atom is 0.337 e. The van der Waals surface area contributed by atoms with Crippen LogP contribution >= 0.6 is 0 Å². The number of aromatic nitrogens is 1. The predicted molar refractivity (Wildman–Crippen MR) is 70.2 cm³/mol. The van der Waals surface area contributed by atoms with Gasteiger partial charge in [0.1, 0.15) is 11.6 Å². The van der Waals surface area contributed by atoms with Crippen LogP contribution in [0.3, 0.4) is 0 Å². The van der Waals surface area contributed by atoms with Gasteiger partial charge in [0.25, 0.3) is 0 Å². The van der Waals surface area contributed by atoms with E-state index in [-0.39, 0.29) is 16.9 Å². The first-order valence-corrected chi connectivity index (χ1v) is 5.67. The average molecular weight is 293 g/mol. The lowest BCUT2D eigenvalue weighted by molar-refractivity contribution is 0.0698. The monoisotopic (exact) mass is 293 g/mol. The SMILES string of the molecule is O=C(Nc1ccc(F)cc1F)Nc1cnccc1C(=O)O. The molecule has 0 bridgehead atoms. The van der Waals surface area contributed by atoms with Gasteiger partial charge in [-0.15, -0.1) is 0 Å². The van der Waals surface area contributed by atoms with Gasteiger partial charge in [0.2, 0.25) is 0 Å². The molecule has 0 saturated carbocycles. The fourth-order valence-electron chi connectivity index (χ4n) is 1.55. The van der Waals surface area contributed by atoms with Crippen LogP contribution in [0.1, 0.15) is 10.4 Å². The molecular formula is C13H9F2N3O3. The number of nitrogens with zero attached hydrogens (tertiary/aromatic N) is 1. The number of amides is 2. The molecule has 0 saturated heterocycles. The molecule has 0 aliphatic heterocycles. The summed E-state index contributed by atoms with van der Waals surface area (Å²) in [6, 6.07) is 2.96. The molecule has 0 atom stereocenters. The van der Waals surface area contributed by atoms with Gasteiger partial charge in [0.15, 0.2) is 0 Å². The highest BCUT2D eigenvalue weighted by Crippen LogP contribution is 2.17. The van der Waals surface area contributed by atoms with Crippen molar-refractivity contribution in [2.75, 3.05) is 10.6 Å². The van der Waals surface area contributed by atoms with E-state index in [0.29, 0.717) is 6.07 Å². The Balaban J connectivity index is 2.14. The molecule has 0 aliphatic carbocycles. The zero-order valence-corrected chi connectivity index (χ0v) is 10.4. The smallest absolute Gasteiger partial charge is 0.337 e. The van der Waals surface area contributed by atoms with Crippen molar-refractivity contribution >= 4 is 23.4 Å². The molecule has 1 heterocycles. The number of carboxylic acids is 1. The van der Waals surface area contributed by atoms with Gasteiger partial charge < -0.3 is 15.7 Å². The summed E-state index contributed by atoms with van der Waals surface area (Å²) in [6.45, 7) is 0. The normalized spacial score (nSPS) is 10.0. The fourth-order valence-corrected chi connectivity index (χ4v) is 1.55. The number of carbonyl (C=O) groups excluding carboxylic acids is 1. The van der Waals surface area contributed by atoms with Crippen LogP contribution in [0.4, 0.5) is 25.0 Å². The van der Waals surface area contributed by atoms with Crippen LogP contribution in [0.15, 0.2) is 36.7 Å². The topological polar surface area (TPSA) is 91.3 Å². The Morgan fingerprint density at radius 3 is 2.48 bits per heavy atom. The third-order valence-corrected chi connectivity index (χ3v) is 2.48. The van der Waals surface area contributed by atoms with Gasteiger partial charge in [-0.2, -0.15) is 0 Å². The van der Waals surface area contributed by atoms with Crippen molar-refractivity contribution in [3.63, 3.8) is 0 Å². The summed E-state index contributed by atoms with van der Waals surface area (Å²) in [7, 11) is 0. The third kappa shape index (κ3) is 3.50. The number of benzene rings is 1. The van der Waals surface area contributed by atoms with Crippen LogP contribution in [0.25, 0.3) is 0 Å². The molecule has 21 heavy (non-hydrogen) atoms. The van der Waals surface area contributed by atoms with Crippen LogP contribution in [-0.2, 0) is 0 Å². The first-order chi connectivity index (χ1) is 9.97. The molecule has 2 amide bonds. The van der Waals surface area contributed by atoms with Crippen molar-refractivity contribution < 1.29 is 23.5 Å². The van der Waals surface area contributed by atoms with Crippen LogP contribution in [0.2, 0.25) is 0 Å². The number of anilines is 2. The van der Waals surface area contributed by atoms with Crippen LogP contribution in [0.5, 0.6) is 0 Å². The Kier molecular flexibility index (Phi) is 4.07. The van der Waals surface area contributed by atoms with Crippen molar-refractivity contribution in [2.24, 2.45) is 0 Å². The number of carbonyl (C=O) groups is 2. The van der Waals surface area contributed by atoms with Gasteiger partial charge in [0.05, 0.1) is 23.1 Å². The van der Waals surface area contributed by atoms with E-state index in [1.54, 1.807) is 0 Å². The van der Waals surface area contributed by atoms with E-state index in [4.69, 9.17) is 5.11 Å². The molecular weight excluding hydrogens is 284 g/mol. The molecule has 6 nitrogen and oxygen atoms in total. The van der Waals surface area contributed by atoms with E-state index in [0.717, 1.165) is 18.3 Å². The summed E-state index contributed by atoms with van der Waals surface area (Å²) in [6.07, 6.45) is 2.40. The second-order valence-corrected chi connectivity index (χ2v) is 3.93. The highest BCUT2D eigenvalue weighted by molar-refractivity contribution is 6.04. The van der Waals surface area contributed by atoms with Crippen molar-refractivity contribution in [1.29, 1.82) is 0 Å². The first kappa shape index (κ1) is 14.4. The summed E-state index contributed by atoms with van der Waals surface area (Å²) < 4.78 is 26.1. The van der Waals surface area contributed by atoms with Gasteiger partial charge in [-0.25, -0.2) is 18.4 Å². The number of hydrogen-bond donors (Lipinski definition) is 3. The second kappa shape index (κ2) is 5.95. The number of halogens is 2. The fraction of sp³-hybridized carbons (Fsp3) is 0. The second-order valence-electron chi connectivity index (χ2n) is 3.93. The molecule has 8 heteroatoms. The molecule has 0 aliphatic rings. The van der Waals surface area contributed by atoms with Crippen LogP contribution < -0.4 is 10.6 Å².